The largest absolute Gasteiger partial charge is 0.271 e. The maximum Gasteiger partial charge on any atom is 0.137 e. The second kappa shape index (κ2) is 6.12. The number of thiophene rings is 1. The van der Waals surface area contributed by atoms with Crippen molar-refractivity contribution in [1.29, 1.82) is 0 Å². The van der Waals surface area contributed by atoms with Crippen LogP contribution in [0, 0.1) is 5.82 Å². The number of nitrogens with one attached hydrogen (secondary N) is 1. The normalized spacial score (nSPS) is 12.7. The summed E-state index contributed by atoms with van der Waals surface area (Å²) < 4.78 is 14.4. The van der Waals surface area contributed by atoms with Gasteiger partial charge >= 0.3 is 0 Å². The van der Waals surface area contributed by atoms with Crippen molar-refractivity contribution in [1.82, 2.24) is 5.43 Å². The second-order valence-corrected chi connectivity index (χ2v) is 6.46. The molecule has 0 fully saturated rings. The van der Waals surface area contributed by atoms with Gasteiger partial charge in [-0.25, -0.2) is 4.39 Å². The molecular weight excluding hydrogens is 339 g/mol. The molecule has 2 aromatic rings. The summed E-state index contributed by atoms with van der Waals surface area (Å²) in [7, 11) is 0. The number of hydrogen-bond donors (Lipinski definition) is 2. The van der Waals surface area contributed by atoms with E-state index < -0.39 is 0 Å². The molecule has 1 heterocycles. The molecule has 1 atom stereocenters. The number of rotatable bonds is 4. The molecule has 1 aromatic heterocycles. The first-order valence-corrected chi connectivity index (χ1v) is 7.24. The Labute approximate surface area is 122 Å². The topological polar surface area (TPSA) is 38.0 Å². The van der Waals surface area contributed by atoms with Gasteiger partial charge in [0.2, 0.25) is 0 Å². The third-order valence-corrected chi connectivity index (χ3v) is 4.44. The van der Waals surface area contributed by atoms with Gasteiger partial charge in [-0.2, -0.15) is 0 Å². The van der Waals surface area contributed by atoms with Crippen LogP contribution < -0.4 is 11.3 Å². The molecule has 0 spiro atoms. The molecule has 2 nitrogen and oxygen atoms in total. The van der Waals surface area contributed by atoms with Crippen molar-refractivity contribution in [3.8, 4) is 0 Å². The third kappa shape index (κ3) is 3.30. The number of nitrogens with two attached hydrogens (primary N) is 1. The van der Waals surface area contributed by atoms with Crippen LogP contribution in [-0.2, 0) is 6.42 Å². The molecule has 1 aromatic carbocycles. The first-order valence-electron chi connectivity index (χ1n) is 5.25. The fourth-order valence-corrected chi connectivity index (χ4v) is 3.19. The van der Waals surface area contributed by atoms with Crippen LogP contribution in [0.4, 0.5) is 4.39 Å². The van der Waals surface area contributed by atoms with Crippen molar-refractivity contribution in [2.45, 2.75) is 12.5 Å². The minimum absolute atomic E-state index is 0.0726. The van der Waals surface area contributed by atoms with Gasteiger partial charge in [0.1, 0.15) is 5.82 Å². The SMILES string of the molecule is NNC(Cc1ccc(Cl)s1)c1ccc(F)c(Br)c1. The first-order chi connectivity index (χ1) is 8.60. The predicted octanol–water partition coefficient (Wildman–Crippen LogP) is 4.05. The van der Waals surface area contributed by atoms with E-state index in [0.717, 1.165) is 14.8 Å². The van der Waals surface area contributed by atoms with E-state index in [9.17, 15) is 4.39 Å². The molecule has 96 valence electrons. The van der Waals surface area contributed by atoms with E-state index >= 15 is 0 Å². The van der Waals surface area contributed by atoms with Gasteiger partial charge in [0.05, 0.1) is 14.9 Å². The van der Waals surface area contributed by atoms with Gasteiger partial charge in [0.15, 0.2) is 0 Å². The quantitative estimate of drug-likeness (QED) is 0.645. The lowest BCUT2D eigenvalue weighted by molar-refractivity contribution is 0.552. The molecule has 6 heteroatoms. The lowest BCUT2D eigenvalue weighted by atomic mass is 10.0. The van der Waals surface area contributed by atoms with Crippen molar-refractivity contribution in [3.05, 3.63) is 55.4 Å². The summed E-state index contributed by atoms with van der Waals surface area (Å²) in [6, 6.07) is 8.63. The van der Waals surface area contributed by atoms with Crippen LogP contribution in [0.15, 0.2) is 34.8 Å². The van der Waals surface area contributed by atoms with Gasteiger partial charge in [0.25, 0.3) is 0 Å². The Morgan fingerprint density at radius 3 is 2.72 bits per heavy atom. The zero-order valence-electron chi connectivity index (χ0n) is 9.29. The van der Waals surface area contributed by atoms with Crippen molar-refractivity contribution in [2.24, 2.45) is 5.84 Å². The summed E-state index contributed by atoms with van der Waals surface area (Å²) in [4.78, 5) is 1.13. The summed E-state index contributed by atoms with van der Waals surface area (Å²) in [6.45, 7) is 0. The average Bonchev–Trinajstić information content (AvgIpc) is 2.75. The maximum absolute atomic E-state index is 13.2. The highest BCUT2D eigenvalue weighted by Crippen LogP contribution is 2.28. The number of hydrogen-bond acceptors (Lipinski definition) is 3. The predicted molar refractivity (Wildman–Crippen MR) is 77.2 cm³/mol. The Hall–Kier alpha value is -0.460. The van der Waals surface area contributed by atoms with Crippen LogP contribution in [0.3, 0.4) is 0 Å². The van der Waals surface area contributed by atoms with E-state index in [1.54, 1.807) is 12.1 Å². The van der Waals surface area contributed by atoms with Gasteiger partial charge in [-0.1, -0.05) is 17.7 Å². The molecule has 0 bridgehead atoms. The van der Waals surface area contributed by atoms with Crippen LogP contribution >= 0.6 is 38.9 Å². The molecule has 0 radical (unpaired) electrons. The molecule has 18 heavy (non-hydrogen) atoms. The van der Waals surface area contributed by atoms with Crippen molar-refractivity contribution >= 4 is 38.9 Å². The van der Waals surface area contributed by atoms with E-state index in [1.165, 1.54) is 17.4 Å². The van der Waals surface area contributed by atoms with Gasteiger partial charge in [-0.3, -0.25) is 11.3 Å². The number of benzene rings is 1. The summed E-state index contributed by atoms with van der Waals surface area (Å²) in [5.74, 6) is 5.28. The lowest BCUT2D eigenvalue weighted by Gasteiger charge is -2.15. The average molecular weight is 350 g/mol. The highest BCUT2D eigenvalue weighted by atomic mass is 79.9. The van der Waals surface area contributed by atoms with E-state index in [1.807, 2.05) is 12.1 Å². The van der Waals surface area contributed by atoms with Crippen LogP contribution in [0.1, 0.15) is 16.5 Å². The van der Waals surface area contributed by atoms with Crippen LogP contribution in [0.5, 0.6) is 0 Å². The number of hydrazine groups is 1. The molecule has 2 rings (SSSR count). The van der Waals surface area contributed by atoms with Crippen molar-refractivity contribution in [3.63, 3.8) is 0 Å². The first kappa shape index (κ1) is 14.0. The molecule has 1 unspecified atom stereocenters. The van der Waals surface area contributed by atoms with Crippen LogP contribution in [-0.4, -0.2) is 0 Å². The van der Waals surface area contributed by atoms with Crippen molar-refractivity contribution in [2.75, 3.05) is 0 Å². The maximum atomic E-state index is 13.2. The highest BCUT2D eigenvalue weighted by Gasteiger charge is 2.13. The zero-order valence-corrected chi connectivity index (χ0v) is 12.4. The Morgan fingerprint density at radius 2 is 2.17 bits per heavy atom. The van der Waals surface area contributed by atoms with Gasteiger partial charge in [0, 0.05) is 11.3 Å². The van der Waals surface area contributed by atoms with E-state index in [0.29, 0.717) is 10.9 Å². The smallest absolute Gasteiger partial charge is 0.137 e. The van der Waals surface area contributed by atoms with Crippen LogP contribution in [0.25, 0.3) is 0 Å². The van der Waals surface area contributed by atoms with E-state index in [2.05, 4.69) is 21.4 Å². The highest BCUT2D eigenvalue weighted by molar-refractivity contribution is 9.10. The molecule has 3 N–H and O–H groups in total. The Balaban J connectivity index is 2.19. The molecule has 0 aliphatic heterocycles. The molecule has 0 saturated heterocycles. The Kier molecular flexibility index (Phi) is 4.75. The third-order valence-electron chi connectivity index (χ3n) is 2.58. The van der Waals surface area contributed by atoms with Crippen molar-refractivity contribution < 1.29 is 4.39 Å². The standard InChI is InChI=1S/C12H11BrClFN2S/c13-9-5-7(1-3-10(9)15)11(17-16)6-8-2-4-12(14)18-8/h1-5,11,17H,6,16H2. The summed E-state index contributed by atoms with van der Waals surface area (Å²) >= 11 is 10.6. The minimum atomic E-state index is -0.284. The fraction of sp³-hybridized carbons (Fsp3) is 0.167. The molecule has 0 amide bonds. The second-order valence-electron chi connectivity index (χ2n) is 3.80. The molecule has 0 aliphatic carbocycles. The fourth-order valence-electron chi connectivity index (χ4n) is 1.66. The van der Waals surface area contributed by atoms with Gasteiger partial charge < -0.3 is 0 Å². The molecule has 0 saturated carbocycles. The Morgan fingerprint density at radius 1 is 1.39 bits per heavy atom. The van der Waals surface area contributed by atoms with E-state index in [-0.39, 0.29) is 11.9 Å². The van der Waals surface area contributed by atoms with E-state index in [4.69, 9.17) is 17.4 Å². The zero-order chi connectivity index (χ0) is 13.1. The number of halogens is 3. The monoisotopic (exact) mass is 348 g/mol. The molecular formula is C12H11BrClFN2S. The Bertz CT molecular complexity index is 547. The summed E-state index contributed by atoms with van der Waals surface area (Å²) in [5, 5.41) is 0. The molecule has 0 aliphatic rings. The van der Waals surface area contributed by atoms with Crippen LogP contribution in [0.2, 0.25) is 4.34 Å². The summed E-state index contributed by atoms with van der Waals surface area (Å²) in [5.41, 5.74) is 3.67. The summed E-state index contributed by atoms with van der Waals surface area (Å²) in [6.07, 6.45) is 0.714. The minimum Gasteiger partial charge on any atom is -0.271 e. The lowest BCUT2D eigenvalue weighted by Crippen LogP contribution is -2.29. The van der Waals surface area contributed by atoms with Gasteiger partial charge in [-0.05, 0) is 45.8 Å². The van der Waals surface area contributed by atoms with Gasteiger partial charge in [-0.15, -0.1) is 11.3 Å².